The molecular weight excluding hydrogens is 198 g/mol. The van der Waals surface area contributed by atoms with Crippen molar-refractivity contribution in [3.8, 4) is 0 Å². The molecule has 0 saturated carbocycles. The van der Waals surface area contributed by atoms with Crippen LogP contribution in [0.5, 0.6) is 0 Å². The van der Waals surface area contributed by atoms with E-state index in [9.17, 15) is 4.79 Å². The molecule has 0 bridgehead atoms. The SMILES string of the molecule is CC1(NC(=O)c2nc(N)n[nH]2)CCOC1. The van der Waals surface area contributed by atoms with E-state index in [1.165, 1.54) is 0 Å². The van der Waals surface area contributed by atoms with Gasteiger partial charge in [0.2, 0.25) is 11.8 Å². The highest BCUT2D eigenvalue weighted by atomic mass is 16.5. The fourth-order valence-corrected chi connectivity index (χ4v) is 1.48. The van der Waals surface area contributed by atoms with Crippen molar-refractivity contribution in [2.45, 2.75) is 18.9 Å². The number of nitrogens with zero attached hydrogens (tertiary/aromatic N) is 2. The molecule has 2 heterocycles. The van der Waals surface area contributed by atoms with Crippen molar-refractivity contribution in [3.05, 3.63) is 5.82 Å². The van der Waals surface area contributed by atoms with E-state index in [0.29, 0.717) is 13.2 Å². The van der Waals surface area contributed by atoms with Crippen molar-refractivity contribution in [1.82, 2.24) is 20.5 Å². The largest absolute Gasteiger partial charge is 0.379 e. The van der Waals surface area contributed by atoms with Gasteiger partial charge in [-0.05, 0) is 13.3 Å². The van der Waals surface area contributed by atoms with Crippen LogP contribution in [0, 0.1) is 0 Å². The lowest BCUT2D eigenvalue weighted by Gasteiger charge is -2.22. The molecule has 7 nitrogen and oxygen atoms in total. The van der Waals surface area contributed by atoms with Crippen molar-refractivity contribution in [3.63, 3.8) is 0 Å². The summed E-state index contributed by atoms with van der Waals surface area (Å²) in [5.41, 5.74) is 4.98. The summed E-state index contributed by atoms with van der Waals surface area (Å²) in [4.78, 5) is 15.4. The molecule has 7 heteroatoms. The maximum Gasteiger partial charge on any atom is 0.289 e. The summed E-state index contributed by atoms with van der Waals surface area (Å²) in [6.07, 6.45) is 0.794. The molecule has 1 aliphatic heterocycles. The van der Waals surface area contributed by atoms with E-state index < -0.39 is 0 Å². The highest BCUT2D eigenvalue weighted by Gasteiger charge is 2.32. The Labute approximate surface area is 86.4 Å². The third-order valence-electron chi connectivity index (χ3n) is 2.35. The van der Waals surface area contributed by atoms with Crippen LogP contribution >= 0.6 is 0 Å². The molecule has 15 heavy (non-hydrogen) atoms. The smallest absolute Gasteiger partial charge is 0.289 e. The van der Waals surface area contributed by atoms with Gasteiger partial charge in [-0.15, -0.1) is 5.10 Å². The lowest BCUT2D eigenvalue weighted by atomic mass is 10.0. The zero-order valence-corrected chi connectivity index (χ0v) is 8.41. The van der Waals surface area contributed by atoms with Crippen LogP contribution in [0.3, 0.4) is 0 Å². The van der Waals surface area contributed by atoms with E-state index in [2.05, 4.69) is 20.5 Å². The summed E-state index contributed by atoms with van der Waals surface area (Å²) in [7, 11) is 0. The zero-order chi connectivity index (χ0) is 10.9. The number of anilines is 1. The van der Waals surface area contributed by atoms with Crippen molar-refractivity contribution in [2.24, 2.45) is 0 Å². The normalized spacial score (nSPS) is 25.4. The number of aromatic nitrogens is 3. The van der Waals surface area contributed by atoms with Crippen molar-refractivity contribution in [1.29, 1.82) is 0 Å². The first kappa shape index (κ1) is 9.91. The van der Waals surface area contributed by atoms with Crippen LogP contribution in [-0.4, -0.2) is 39.8 Å². The molecule has 1 aromatic heterocycles. The maximum atomic E-state index is 11.7. The molecule has 0 spiro atoms. The topological polar surface area (TPSA) is 106 Å². The second kappa shape index (κ2) is 3.50. The minimum Gasteiger partial charge on any atom is -0.379 e. The minimum atomic E-state index is -0.321. The van der Waals surface area contributed by atoms with Crippen molar-refractivity contribution >= 4 is 11.9 Å². The lowest BCUT2D eigenvalue weighted by molar-refractivity contribution is 0.0879. The van der Waals surface area contributed by atoms with Gasteiger partial charge in [0, 0.05) is 6.61 Å². The molecule has 0 aromatic carbocycles. The average molecular weight is 211 g/mol. The predicted molar refractivity (Wildman–Crippen MR) is 52.1 cm³/mol. The number of carbonyl (C=O) groups is 1. The van der Waals surface area contributed by atoms with E-state index in [4.69, 9.17) is 10.5 Å². The Hall–Kier alpha value is -1.63. The monoisotopic (exact) mass is 211 g/mol. The molecule has 4 N–H and O–H groups in total. The zero-order valence-electron chi connectivity index (χ0n) is 8.41. The third kappa shape index (κ3) is 2.07. The Kier molecular flexibility index (Phi) is 2.31. The standard InChI is InChI=1S/C8H13N5O2/c1-8(2-3-15-4-8)11-6(14)5-10-7(9)13-12-5/h2-4H2,1H3,(H,11,14)(H3,9,10,12,13). The fourth-order valence-electron chi connectivity index (χ4n) is 1.48. The Morgan fingerprint density at radius 2 is 2.53 bits per heavy atom. The Bertz CT molecular complexity index is 369. The lowest BCUT2D eigenvalue weighted by Crippen LogP contribution is -2.46. The number of nitrogens with two attached hydrogens (primary N) is 1. The van der Waals surface area contributed by atoms with E-state index >= 15 is 0 Å². The molecule has 2 rings (SSSR count). The van der Waals surface area contributed by atoms with Crippen LogP contribution in [0.15, 0.2) is 0 Å². The molecule has 0 aliphatic carbocycles. The first-order valence-electron chi connectivity index (χ1n) is 4.67. The van der Waals surface area contributed by atoms with Crippen LogP contribution in [0.1, 0.15) is 24.0 Å². The van der Waals surface area contributed by atoms with Crippen LogP contribution in [-0.2, 0) is 4.74 Å². The molecule has 1 aromatic rings. The van der Waals surface area contributed by atoms with Crippen molar-refractivity contribution in [2.75, 3.05) is 18.9 Å². The molecule has 1 unspecified atom stereocenters. The van der Waals surface area contributed by atoms with Gasteiger partial charge in [-0.2, -0.15) is 4.98 Å². The summed E-state index contributed by atoms with van der Waals surface area (Å²) in [6.45, 7) is 3.11. The molecule has 0 radical (unpaired) electrons. The van der Waals surface area contributed by atoms with Crippen molar-refractivity contribution < 1.29 is 9.53 Å². The van der Waals surface area contributed by atoms with Gasteiger partial charge in [0.15, 0.2) is 0 Å². The van der Waals surface area contributed by atoms with E-state index in [1.807, 2.05) is 6.92 Å². The maximum absolute atomic E-state index is 11.7. The Morgan fingerprint density at radius 3 is 3.07 bits per heavy atom. The molecule has 1 amide bonds. The number of hydrogen-bond acceptors (Lipinski definition) is 5. The van der Waals surface area contributed by atoms with Gasteiger partial charge in [-0.25, -0.2) is 0 Å². The third-order valence-corrected chi connectivity index (χ3v) is 2.35. The van der Waals surface area contributed by atoms with E-state index in [1.54, 1.807) is 0 Å². The second-order valence-electron chi connectivity index (χ2n) is 3.86. The molecular formula is C8H13N5O2. The molecule has 1 fully saturated rings. The summed E-state index contributed by atoms with van der Waals surface area (Å²) >= 11 is 0. The number of rotatable bonds is 2. The minimum absolute atomic E-state index is 0.0629. The van der Waals surface area contributed by atoms with Gasteiger partial charge in [0.05, 0.1) is 12.1 Å². The van der Waals surface area contributed by atoms with Crippen LogP contribution in [0.4, 0.5) is 5.95 Å². The van der Waals surface area contributed by atoms with Crippen LogP contribution < -0.4 is 11.1 Å². The quantitative estimate of drug-likeness (QED) is 0.599. The number of carbonyl (C=O) groups excluding carboxylic acids is 1. The summed E-state index contributed by atoms with van der Waals surface area (Å²) in [6, 6.07) is 0. The number of aromatic amines is 1. The first-order chi connectivity index (χ1) is 7.09. The number of H-pyrrole nitrogens is 1. The number of nitrogens with one attached hydrogen (secondary N) is 2. The molecule has 82 valence electrons. The van der Waals surface area contributed by atoms with E-state index in [0.717, 1.165) is 6.42 Å². The number of ether oxygens (including phenoxy) is 1. The predicted octanol–water partition coefficient (Wildman–Crippen LogP) is -0.704. The fraction of sp³-hybridized carbons (Fsp3) is 0.625. The van der Waals surface area contributed by atoms with Crippen LogP contribution in [0.25, 0.3) is 0 Å². The van der Waals surface area contributed by atoms with Gasteiger partial charge in [-0.1, -0.05) is 0 Å². The molecule has 1 saturated heterocycles. The Morgan fingerprint density at radius 1 is 1.73 bits per heavy atom. The Balaban J connectivity index is 2.03. The summed E-state index contributed by atoms with van der Waals surface area (Å²) < 4.78 is 5.22. The second-order valence-corrected chi connectivity index (χ2v) is 3.86. The van der Waals surface area contributed by atoms with Crippen LogP contribution in [0.2, 0.25) is 0 Å². The molecule has 1 atom stereocenters. The van der Waals surface area contributed by atoms with E-state index in [-0.39, 0.29) is 23.2 Å². The van der Waals surface area contributed by atoms with Gasteiger partial charge in [0.1, 0.15) is 0 Å². The van der Waals surface area contributed by atoms with Gasteiger partial charge in [-0.3, -0.25) is 9.89 Å². The first-order valence-corrected chi connectivity index (χ1v) is 4.67. The number of amides is 1. The van der Waals surface area contributed by atoms with Gasteiger partial charge in [0.25, 0.3) is 5.91 Å². The number of hydrogen-bond donors (Lipinski definition) is 3. The number of nitrogen functional groups attached to an aromatic ring is 1. The summed E-state index contributed by atoms with van der Waals surface area (Å²) in [5, 5.41) is 8.87. The highest BCUT2D eigenvalue weighted by Crippen LogP contribution is 2.17. The highest BCUT2D eigenvalue weighted by molar-refractivity contribution is 5.91. The average Bonchev–Trinajstić information content (AvgIpc) is 2.75. The summed E-state index contributed by atoms with van der Waals surface area (Å²) in [5.74, 6) is -0.124. The van der Waals surface area contributed by atoms with Gasteiger partial charge < -0.3 is 15.8 Å². The molecule has 1 aliphatic rings. The van der Waals surface area contributed by atoms with Gasteiger partial charge >= 0.3 is 0 Å².